The molecular weight excluding hydrogens is 296 g/mol. The quantitative estimate of drug-likeness (QED) is 0.726. The lowest BCUT2D eigenvalue weighted by molar-refractivity contribution is 0.316. The lowest BCUT2D eigenvalue weighted by Crippen LogP contribution is -2.28. The van der Waals surface area contributed by atoms with Gasteiger partial charge in [-0.2, -0.15) is 0 Å². The highest BCUT2D eigenvalue weighted by atomic mass is 32.1. The third-order valence-electron chi connectivity index (χ3n) is 3.60. The van der Waals surface area contributed by atoms with Crippen molar-refractivity contribution in [3.8, 4) is 11.3 Å². The Labute approximate surface area is 133 Å². The fourth-order valence-electron chi connectivity index (χ4n) is 2.29. The minimum atomic E-state index is 0.893. The molecule has 0 aromatic carbocycles. The van der Waals surface area contributed by atoms with Gasteiger partial charge in [0, 0.05) is 31.0 Å². The predicted octanol–water partition coefficient (Wildman–Crippen LogP) is 2.61. The Hall–Kier alpha value is -1.99. The molecule has 0 aliphatic rings. The zero-order valence-corrected chi connectivity index (χ0v) is 13.7. The van der Waals surface area contributed by atoms with Gasteiger partial charge in [-0.25, -0.2) is 9.50 Å². The van der Waals surface area contributed by atoms with Crippen molar-refractivity contribution < 1.29 is 0 Å². The summed E-state index contributed by atoms with van der Waals surface area (Å²) in [6, 6.07) is 3.92. The Bertz CT molecular complexity index is 685. The second-order valence-corrected chi connectivity index (χ2v) is 5.91. The molecule has 3 aromatic heterocycles. The van der Waals surface area contributed by atoms with Crippen molar-refractivity contribution in [2.45, 2.75) is 13.8 Å². The summed E-state index contributed by atoms with van der Waals surface area (Å²) in [5.41, 5.74) is 1.91. The number of pyridine rings is 1. The molecule has 7 heteroatoms. The minimum Gasteiger partial charge on any atom is -0.359 e. The topological polar surface area (TPSA) is 58.4 Å². The molecule has 0 saturated carbocycles. The molecule has 0 aliphatic carbocycles. The van der Waals surface area contributed by atoms with Gasteiger partial charge < -0.3 is 10.2 Å². The van der Waals surface area contributed by atoms with Crippen LogP contribution in [0.1, 0.15) is 13.8 Å². The third kappa shape index (κ3) is 3.26. The molecule has 0 amide bonds. The van der Waals surface area contributed by atoms with E-state index in [0.29, 0.717) is 0 Å². The lowest BCUT2D eigenvalue weighted by Gasteiger charge is -2.17. The van der Waals surface area contributed by atoms with Crippen LogP contribution in [0.3, 0.4) is 0 Å². The molecule has 0 spiro atoms. The highest BCUT2D eigenvalue weighted by Gasteiger charge is 2.09. The van der Waals surface area contributed by atoms with Gasteiger partial charge in [0.2, 0.25) is 10.1 Å². The van der Waals surface area contributed by atoms with Crippen molar-refractivity contribution in [1.82, 2.24) is 24.5 Å². The third-order valence-corrected chi connectivity index (χ3v) is 4.48. The standard InChI is InChI=1S/C15H20N6S/c1-3-20(4-2)9-8-17-14-19-21-11-13(18-15(21)22-14)12-6-5-7-16-10-12/h5-7,10-11H,3-4,8-9H2,1-2H3,(H,17,19). The van der Waals surface area contributed by atoms with Crippen molar-refractivity contribution in [2.75, 3.05) is 31.5 Å². The molecule has 0 aliphatic heterocycles. The van der Waals surface area contributed by atoms with Crippen LogP contribution in [0.5, 0.6) is 0 Å². The van der Waals surface area contributed by atoms with Gasteiger partial charge in [0.05, 0.1) is 11.9 Å². The molecule has 116 valence electrons. The van der Waals surface area contributed by atoms with Crippen LogP contribution in [-0.4, -0.2) is 50.7 Å². The lowest BCUT2D eigenvalue weighted by atomic mass is 10.2. The van der Waals surface area contributed by atoms with Gasteiger partial charge >= 0.3 is 0 Å². The van der Waals surface area contributed by atoms with Crippen LogP contribution in [-0.2, 0) is 0 Å². The average molecular weight is 316 g/mol. The molecule has 3 rings (SSSR count). The zero-order valence-electron chi connectivity index (χ0n) is 12.9. The minimum absolute atomic E-state index is 0.893. The maximum atomic E-state index is 4.61. The van der Waals surface area contributed by atoms with Crippen LogP contribution in [0, 0.1) is 0 Å². The molecule has 3 aromatic rings. The summed E-state index contributed by atoms with van der Waals surface area (Å²) in [4.78, 5) is 12.0. The number of hydrogen-bond donors (Lipinski definition) is 1. The summed E-state index contributed by atoms with van der Waals surface area (Å²) in [6.07, 6.45) is 5.52. The van der Waals surface area contributed by atoms with Crippen LogP contribution < -0.4 is 5.32 Å². The Morgan fingerprint density at radius 3 is 2.86 bits per heavy atom. The molecular formula is C15H20N6S. The molecule has 0 atom stereocenters. The number of nitrogens with zero attached hydrogens (tertiary/aromatic N) is 5. The van der Waals surface area contributed by atoms with Crippen LogP contribution >= 0.6 is 11.3 Å². The van der Waals surface area contributed by atoms with E-state index >= 15 is 0 Å². The van der Waals surface area contributed by atoms with Gasteiger partial charge in [-0.05, 0) is 25.2 Å². The number of rotatable bonds is 7. The number of hydrogen-bond acceptors (Lipinski definition) is 6. The van der Waals surface area contributed by atoms with E-state index in [2.05, 4.69) is 39.1 Å². The summed E-state index contributed by atoms with van der Waals surface area (Å²) >= 11 is 1.57. The fraction of sp³-hybridized carbons (Fsp3) is 0.400. The number of anilines is 1. The summed E-state index contributed by atoms with van der Waals surface area (Å²) in [7, 11) is 0. The Balaban J connectivity index is 1.66. The van der Waals surface area contributed by atoms with E-state index in [1.165, 1.54) is 0 Å². The van der Waals surface area contributed by atoms with E-state index in [9.17, 15) is 0 Å². The molecule has 6 nitrogen and oxygen atoms in total. The van der Waals surface area contributed by atoms with Gasteiger partial charge in [-0.1, -0.05) is 25.2 Å². The summed E-state index contributed by atoms with van der Waals surface area (Å²) < 4.78 is 1.83. The van der Waals surface area contributed by atoms with Crippen molar-refractivity contribution in [1.29, 1.82) is 0 Å². The maximum absolute atomic E-state index is 4.61. The summed E-state index contributed by atoms with van der Waals surface area (Å²) in [5, 5.41) is 8.81. The largest absolute Gasteiger partial charge is 0.359 e. The molecule has 3 heterocycles. The second-order valence-electron chi connectivity index (χ2n) is 4.96. The first-order valence-electron chi connectivity index (χ1n) is 7.53. The highest BCUT2D eigenvalue weighted by molar-refractivity contribution is 7.20. The normalized spacial score (nSPS) is 11.4. The van der Waals surface area contributed by atoms with Gasteiger partial charge in [-0.15, -0.1) is 5.10 Å². The monoisotopic (exact) mass is 316 g/mol. The van der Waals surface area contributed by atoms with Gasteiger partial charge in [0.1, 0.15) is 0 Å². The first-order chi connectivity index (χ1) is 10.8. The van der Waals surface area contributed by atoms with E-state index < -0.39 is 0 Å². The average Bonchev–Trinajstić information content (AvgIpc) is 3.11. The SMILES string of the molecule is CCN(CC)CCNc1nn2cc(-c3cccnc3)nc2s1. The second kappa shape index (κ2) is 6.85. The van der Waals surface area contributed by atoms with Crippen molar-refractivity contribution >= 4 is 21.4 Å². The van der Waals surface area contributed by atoms with Gasteiger partial charge in [0.25, 0.3) is 0 Å². The Morgan fingerprint density at radius 1 is 1.32 bits per heavy atom. The summed E-state index contributed by atoms with van der Waals surface area (Å²) in [5.74, 6) is 0. The van der Waals surface area contributed by atoms with Crippen molar-refractivity contribution in [3.05, 3.63) is 30.7 Å². The number of likely N-dealkylation sites (N-methyl/N-ethyl adjacent to an activating group) is 1. The number of imidazole rings is 1. The number of aromatic nitrogens is 4. The summed E-state index contributed by atoms with van der Waals surface area (Å²) in [6.45, 7) is 8.44. The van der Waals surface area contributed by atoms with Gasteiger partial charge in [0.15, 0.2) is 0 Å². The predicted molar refractivity (Wildman–Crippen MR) is 90.4 cm³/mol. The van der Waals surface area contributed by atoms with Crippen LogP contribution in [0.15, 0.2) is 30.7 Å². The first kappa shape index (κ1) is 14.9. The van der Waals surface area contributed by atoms with E-state index in [1.54, 1.807) is 17.5 Å². The number of fused-ring (bicyclic) bond motifs is 1. The van der Waals surface area contributed by atoms with Crippen LogP contribution in [0.2, 0.25) is 0 Å². The fourth-order valence-corrected chi connectivity index (χ4v) is 3.09. The molecule has 0 saturated heterocycles. The molecule has 0 unspecified atom stereocenters. The van der Waals surface area contributed by atoms with E-state index in [1.807, 2.05) is 29.0 Å². The number of nitrogens with one attached hydrogen (secondary N) is 1. The molecule has 0 bridgehead atoms. The van der Waals surface area contributed by atoms with E-state index in [4.69, 9.17) is 0 Å². The van der Waals surface area contributed by atoms with Crippen LogP contribution in [0.4, 0.5) is 5.13 Å². The molecule has 1 N–H and O–H groups in total. The first-order valence-corrected chi connectivity index (χ1v) is 8.34. The van der Waals surface area contributed by atoms with Crippen molar-refractivity contribution in [2.24, 2.45) is 0 Å². The van der Waals surface area contributed by atoms with Gasteiger partial charge in [-0.3, -0.25) is 4.98 Å². The Morgan fingerprint density at radius 2 is 2.18 bits per heavy atom. The zero-order chi connectivity index (χ0) is 15.4. The van der Waals surface area contributed by atoms with E-state index in [0.717, 1.165) is 47.5 Å². The molecule has 0 fully saturated rings. The smallest absolute Gasteiger partial charge is 0.214 e. The Kier molecular flexibility index (Phi) is 4.65. The van der Waals surface area contributed by atoms with Crippen molar-refractivity contribution in [3.63, 3.8) is 0 Å². The molecule has 22 heavy (non-hydrogen) atoms. The highest BCUT2D eigenvalue weighted by Crippen LogP contribution is 2.23. The van der Waals surface area contributed by atoms with E-state index in [-0.39, 0.29) is 0 Å². The van der Waals surface area contributed by atoms with Crippen LogP contribution in [0.25, 0.3) is 16.2 Å². The maximum Gasteiger partial charge on any atom is 0.214 e. The molecule has 0 radical (unpaired) electrons.